The van der Waals surface area contributed by atoms with Crippen LogP contribution < -0.4 is 5.32 Å². The Morgan fingerprint density at radius 1 is 1.10 bits per heavy atom. The summed E-state index contributed by atoms with van der Waals surface area (Å²) in [7, 11) is 0. The molecule has 2 amide bonds. The summed E-state index contributed by atoms with van der Waals surface area (Å²) in [5.74, 6) is 0.824. The minimum absolute atomic E-state index is 0.0250. The van der Waals surface area contributed by atoms with Crippen molar-refractivity contribution in [3.8, 4) is 0 Å². The molecule has 1 aromatic heterocycles. The van der Waals surface area contributed by atoms with Crippen LogP contribution in [0.5, 0.6) is 0 Å². The van der Waals surface area contributed by atoms with Crippen LogP contribution in [-0.2, 0) is 26.3 Å². The Labute approximate surface area is 181 Å². The van der Waals surface area contributed by atoms with Crippen molar-refractivity contribution in [2.24, 2.45) is 5.92 Å². The minimum atomic E-state index is -0.572. The third-order valence-electron chi connectivity index (χ3n) is 6.32. The molecule has 0 aliphatic carbocycles. The average molecular weight is 431 g/mol. The molecule has 30 heavy (non-hydrogen) atoms. The molecule has 1 N–H and O–H groups in total. The maximum atomic E-state index is 13.6. The van der Waals surface area contributed by atoms with Crippen LogP contribution in [0, 0.1) is 5.92 Å². The molecule has 160 valence electrons. The van der Waals surface area contributed by atoms with E-state index in [-0.39, 0.29) is 17.7 Å². The van der Waals surface area contributed by atoms with Gasteiger partial charge in [0.2, 0.25) is 11.8 Å². The number of ether oxygens (including phenoxy) is 1. The highest BCUT2D eigenvalue weighted by Crippen LogP contribution is 2.38. The van der Waals surface area contributed by atoms with Gasteiger partial charge >= 0.3 is 0 Å². The van der Waals surface area contributed by atoms with E-state index in [1.54, 1.807) is 12.3 Å². The molecule has 0 spiro atoms. The highest BCUT2D eigenvalue weighted by Gasteiger charge is 2.45. The SMILES string of the molecule is O=C(NCc1ccco1)C1CCN(C(=O)C2(c3ccc(Cl)cc3)CCOCC2)CC1. The lowest BCUT2D eigenvalue weighted by atomic mass is 9.72. The van der Waals surface area contributed by atoms with Crippen molar-refractivity contribution < 1.29 is 18.7 Å². The predicted octanol–water partition coefficient (Wildman–Crippen LogP) is 3.54. The van der Waals surface area contributed by atoms with E-state index >= 15 is 0 Å². The van der Waals surface area contributed by atoms with Crippen LogP contribution >= 0.6 is 11.6 Å². The summed E-state index contributed by atoms with van der Waals surface area (Å²) in [6.07, 6.45) is 4.26. The zero-order valence-corrected chi connectivity index (χ0v) is 17.7. The lowest BCUT2D eigenvalue weighted by molar-refractivity contribution is -0.144. The molecule has 2 fully saturated rings. The molecule has 6 nitrogen and oxygen atoms in total. The second-order valence-corrected chi connectivity index (χ2v) is 8.50. The van der Waals surface area contributed by atoms with E-state index in [1.165, 1.54) is 0 Å². The van der Waals surface area contributed by atoms with Crippen molar-refractivity contribution >= 4 is 23.4 Å². The molecule has 2 aliphatic rings. The van der Waals surface area contributed by atoms with E-state index in [4.69, 9.17) is 20.8 Å². The fourth-order valence-electron chi connectivity index (χ4n) is 4.49. The lowest BCUT2D eigenvalue weighted by Gasteiger charge is -2.42. The molecule has 0 bridgehead atoms. The molecule has 7 heteroatoms. The first-order chi connectivity index (χ1) is 14.6. The first kappa shape index (κ1) is 20.9. The number of furan rings is 1. The van der Waals surface area contributed by atoms with E-state index in [0.29, 0.717) is 63.6 Å². The van der Waals surface area contributed by atoms with Crippen LogP contribution in [0.4, 0.5) is 0 Å². The Kier molecular flexibility index (Phi) is 6.44. The van der Waals surface area contributed by atoms with Crippen molar-refractivity contribution in [2.75, 3.05) is 26.3 Å². The maximum Gasteiger partial charge on any atom is 0.233 e. The number of hydrogen-bond acceptors (Lipinski definition) is 4. The van der Waals surface area contributed by atoms with Gasteiger partial charge in [-0.05, 0) is 55.5 Å². The number of hydrogen-bond donors (Lipinski definition) is 1. The summed E-state index contributed by atoms with van der Waals surface area (Å²) in [6.45, 7) is 2.71. The number of carbonyl (C=O) groups excluding carboxylic acids is 2. The number of rotatable bonds is 5. The summed E-state index contributed by atoms with van der Waals surface area (Å²) < 4.78 is 10.8. The van der Waals surface area contributed by atoms with Gasteiger partial charge in [-0.3, -0.25) is 9.59 Å². The van der Waals surface area contributed by atoms with Crippen LogP contribution in [0.3, 0.4) is 0 Å². The maximum absolute atomic E-state index is 13.6. The molecule has 2 saturated heterocycles. The standard InChI is InChI=1S/C23H27ClN2O4/c24-19-5-3-18(4-6-19)23(9-14-29-15-10-23)22(28)26-11-7-17(8-12-26)21(27)25-16-20-2-1-13-30-20/h1-6,13,17H,7-12,14-16H2,(H,25,27). The van der Waals surface area contributed by atoms with Crippen molar-refractivity contribution in [1.82, 2.24) is 10.2 Å². The van der Waals surface area contributed by atoms with Gasteiger partial charge in [-0.15, -0.1) is 0 Å². The van der Waals surface area contributed by atoms with Crippen molar-refractivity contribution in [1.29, 1.82) is 0 Å². The third-order valence-corrected chi connectivity index (χ3v) is 6.57. The summed E-state index contributed by atoms with van der Waals surface area (Å²) in [4.78, 5) is 28.1. The largest absolute Gasteiger partial charge is 0.467 e. The second-order valence-electron chi connectivity index (χ2n) is 8.07. The highest BCUT2D eigenvalue weighted by molar-refractivity contribution is 6.30. The number of piperidine rings is 1. The molecule has 0 radical (unpaired) electrons. The molecule has 0 unspecified atom stereocenters. The van der Waals surface area contributed by atoms with Gasteiger partial charge in [0.15, 0.2) is 0 Å². The molecule has 4 rings (SSSR count). The molecule has 0 atom stereocenters. The fraction of sp³-hybridized carbons (Fsp3) is 0.478. The van der Waals surface area contributed by atoms with Gasteiger partial charge in [0.05, 0.1) is 18.2 Å². The quantitative estimate of drug-likeness (QED) is 0.787. The zero-order valence-electron chi connectivity index (χ0n) is 16.9. The Bertz CT molecular complexity index is 852. The van der Waals surface area contributed by atoms with Gasteiger partial charge in [-0.1, -0.05) is 23.7 Å². The molecule has 0 saturated carbocycles. The van der Waals surface area contributed by atoms with Gasteiger partial charge in [0, 0.05) is 37.2 Å². The van der Waals surface area contributed by atoms with Gasteiger partial charge in [0.25, 0.3) is 0 Å². The first-order valence-electron chi connectivity index (χ1n) is 10.5. The van der Waals surface area contributed by atoms with Crippen LogP contribution in [-0.4, -0.2) is 43.0 Å². The van der Waals surface area contributed by atoms with Gasteiger partial charge in [-0.25, -0.2) is 0 Å². The van der Waals surface area contributed by atoms with Crippen LogP contribution in [0.15, 0.2) is 47.1 Å². The number of benzene rings is 1. The number of amides is 2. The fourth-order valence-corrected chi connectivity index (χ4v) is 4.62. The van der Waals surface area contributed by atoms with Crippen LogP contribution in [0.25, 0.3) is 0 Å². The lowest BCUT2D eigenvalue weighted by Crippen LogP contribution is -2.52. The first-order valence-corrected chi connectivity index (χ1v) is 10.9. The van der Waals surface area contributed by atoms with Crippen LogP contribution in [0.2, 0.25) is 5.02 Å². The van der Waals surface area contributed by atoms with Crippen molar-refractivity contribution in [3.63, 3.8) is 0 Å². The molecule has 1 aromatic carbocycles. The van der Waals surface area contributed by atoms with Crippen LogP contribution in [0.1, 0.15) is 37.0 Å². The molecule has 2 aliphatic heterocycles. The summed E-state index contributed by atoms with van der Waals surface area (Å²) in [5, 5.41) is 3.60. The normalized spacial score (nSPS) is 19.4. The topological polar surface area (TPSA) is 71.8 Å². The summed E-state index contributed by atoms with van der Waals surface area (Å²) in [5.41, 5.74) is 0.426. The third kappa shape index (κ3) is 4.40. The number of halogens is 1. The van der Waals surface area contributed by atoms with E-state index < -0.39 is 5.41 Å². The van der Waals surface area contributed by atoms with Gasteiger partial charge < -0.3 is 19.4 Å². The van der Waals surface area contributed by atoms with Gasteiger partial charge in [0.1, 0.15) is 5.76 Å². The molecular formula is C23H27ClN2O4. The smallest absolute Gasteiger partial charge is 0.233 e. The Balaban J connectivity index is 1.39. The summed E-state index contributed by atoms with van der Waals surface area (Å²) in [6, 6.07) is 11.2. The van der Waals surface area contributed by atoms with Crippen molar-refractivity contribution in [2.45, 2.75) is 37.6 Å². The second kappa shape index (κ2) is 9.23. The number of nitrogens with zero attached hydrogens (tertiary/aromatic N) is 1. The molecular weight excluding hydrogens is 404 g/mol. The number of carbonyl (C=O) groups is 2. The van der Waals surface area contributed by atoms with E-state index in [0.717, 1.165) is 11.3 Å². The number of nitrogens with one attached hydrogen (secondary N) is 1. The molecule has 3 heterocycles. The Hall–Kier alpha value is -2.31. The van der Waals surface area contributed by atoms with Gasteiger partial charge in [-0.2, -0.15) is 0 Å². The van der Waals surface area contributed by atoms with E-state index in [2.05, 4.69) is 5.32 Å². The average Bonchev–Trinajstić information content (AvgIpc) is 3.32. The van der Waals surface area contributed by atoms with E-state index in [1.807, 2.05) is 35.2 Å². The molecule has 2 aromatic rings. The summed E-state index contributed by atoms with van der Waals surface area (Å²) >= 11 is 6.06. The predicted molar refractivity (Wildman–Crippen MR) is 113 cm³/mol. The monoisotopic (exact) mass is 430 g/mol. The minimum Gasteiger partial charge on any atom is -0.467 e. The number of likely N-dealkylation sites (tertiary alicyclic amines) is 1. The Morgan fingerprint density at radius 2 is 1.80 bits per heavy atom. The highest BCUT2D eigenvalue weighted by atomic mass is 35.5. The van der Waals surface area contributed by atoms with Crippen molar-refractivity contribution in [3.05, 3.63) is 59.0 Å². The van der Waals surface area contributed by atoms with E-state index in [9.17, 15) is 9.59 Å². The zero-order chi connectivity index (χ0) is 21.0. The Morgan fingerprint density at radius 3 is 2.43 bits per heavy atom.